The molecule has 13 heavy (non-hydrogen) atoms. The standard InChI is InChI=1S/C9H15N3O/c1-3-7(10)8-11-9(13-12-8)6-4-5(6)2/h5-7H,3-4,10H2,1-2H3. The van der Waals surface area contributed by atoms with Crippen LogP contribution in [0.4, 0.5) is 0 Å². The summed E-state index contributed by atoms with van der Waals surface area (Å²) in [6.45, 7) is 4.20. The van der Waals surface area contributed by atoms with Crippen molar-refractivity contribution in [1.29, 1.82) is 0 Å². The molecule has 2 N–H and O–H groups in total. The van der Waals surface area contributed by atoms with E-state index in [0.29, 0.717) is 17.7 Å². The lowest BCUT2D eigenvalue weighted by molar-refractivity contribution is 0.367. The van der Waals surface area contributed by atoms with Crippen LogP contribution in [0.1, 0.15) is 50.4 Å². The predicted molar refractivity (Wildman–Crippen MR) is 48.0 cm³/mol. The zero-order valence-electron chi connectivity index (χ0n) is 8.03. The molecule has 0 saturated heterocycles. The average molecular weight is 181 g/mol. The Bertz CT molecular complexity index is 278. The summed E-state index contributed by atoms with van der Waals surface area (Å²) in [5.74, 6) is 2.61. The van der Waals surface area contributed by atoms with E-state index in [1.165, 1.54) is 6.42 Å². The van der Waals surface area contributed by atoms with Crippen LogP contribution >= 0.6 is 0 Å². The maximum atomic E-state index is 5.78. The zero-order valence-corrected chi connectivity index (χ0v) is 8.03. The normalized spacial score (nSPS) is 28.8. The molecule has 0 spiro atoms. The first kappa shape index (κ1) is 8.69. The van der Waals surface area contributed by atoms with Gasteiger partial charge >= 0.3 is 0 Å². The largest absolute Gasteiger partial charge is 0.339 e. The van der Waals surface area contributed by atoms with E-state index >= 15 is 0 Å². The van der Waals surface area contributed by atoms with Gasteiger partial charge in [0.25, 0.3) is 0 Å². The fourth-order valence-corrected chi connectivity index (χ4v) is 1.40. The summed E-state index contributed by atoms with van der Waals surface area (Å²) in [6.07, 6.45) is 2.02. The van der Waals surface area contributed by atoms with Gasteiger partial charge in [0.15, 0.2) is 5.82 Å². The maximum absolute atomic E-state index is 5.78. The molecule has 1 heterocycles. The lowest BCUT2D eigenvalue weighted by atomic mass is 10.2. The van der Waals surface area contributed by atoms with E-state index in [9.17, 15) is 0 Å². The highest BCUT2D eigenvalue weighted by molar-refractivity contribution is 5.06. The number of hydrogen-bond acceptors (Lipinski definition) is 4. The van der Waals surface area contributed by atoms with Gasteiger partial charge in [-0.05, 0) is 18.8 Å². The maximum Gasteiger partial charge on any atom is 0.230 e. The molecule has 0 radical (unpaired) electrons. The number of aromatic nitrogens is 2. The number of nitrogens with two attached hydrogens (primary N) is 1. The van der Waals surface area contributed by atoms with Gasteiger partial charge in [-0.15, -0.1) is 0 Å². The van der Waals surface area contributed by atoms with Crippen LogP contribution < -0.4 is 5.73 Å². The van der Waals surface area contributed by atoms with E-state index in [4.69, 9.17) is 10.3 Å². The molecule has 0 aromatic carbocycles. The van der Waals surface area contributed by atoms with Gasteiger partial charge in [-0.2, -0.15) is 4.98 Å². The van der Waals surface area contributed by atoms with Crippen molar-refractivity contribution in [2.75, 3.05) is 0 Å². The fourth-order valence-electron chi connectivity index (χ4n) is 1.40. The first-order chi connectivity index (χ1) is 6.22. The first-order valence-electron chi connectivity index (χ1n) is 4.81. The van der Waals surface area contributed by atoms with E-state index in [2.05, 4.69) is 17.1 Å². The van der Waals surface area contributed by atoms with Gasteiger partial charge in [0.05, 0.1) is 6.04 Å². The Balaban J connectivity index is 2.09. The SMILES string of the molecule is CCC(N)c1noc(C2CC2C)n1. The highest BCUT2D eigenvalue weighted by atomic mass is 16.5. The molecule has 1 fully saturated rings. The van der Waals surface area contributed by atoms with Crippen molar-refractivity contribution in [3.8, 4) is 0 Å². The summed E-state index contributed by atoms with van der Waals surface area (Å²) < 4.78 is 5.14. The fraction of sp³-hybridized carbons (Fsp3) is 0.778. The molecule has 0 amide bonds. The molecule has 3 atom stereocenters. The Morgan fingerprint density at radius 1 is 1.69 bits per heavy atom. The van der Waals surface area contributed by atoms with Crippen molar-refractivity contribution < 1.29 is 4.52 Å². The molecular weight excluding hydrogens is 166 g/mol. The molecule has 4 nitrogen and oxygen atoms in total. The van der Waals surface area contributed by atoms with Crippen molar-refractivity contribution in [1.82, 2.24) is 10.1 Å². The summed E-state index contributed by atoms with van der Waals surface area (Å²) in [5.41, 5.74) is 5.78. The third-order valence-electron chi connectivity index (χ3n) is 2.66. The third kappa shape index (κ3) is 1.58. The van der Waals surface area contributed by atoms with Crippen LogP contribution in [0.25, 0.3) is 0 Å². The Hall–Kier alpha value is -0.900. The van der Waals surface area contributed by atoms with Gasteiger partial charge in [0.2, 0.25) is 5.89 Å². The molecule has 1 aromatic rings. The number of nitrogens with zero attached hydrogens (tertiary/aromatic N) is 2. The predicted octanol–water partition coefficient (Wildman–Crippen LogP) is 1.60. The van der Waals surface area contributed by atoms with Gasteiger partial charge in [-0.25, -0.2) is 0 Å². The van der Waals surface area contributed by atoms with Crippen LogP contribution in [-0.2, 0) is 0 Å². The highest BCUT2D eigenvalue weighted by Crippen LogP contribution is 2.46. The van der Waals surface area contributed by atoms with E-state index in [-0.39, 0.29) is 6.04 Å². The minimum absolute atomic E-state index is 0.0773. The van der Waals surface area contributed by atoms with Crippen molar-refractivity contribution >= 4 is 0 Å². The van der Waals surface area contributed by atoms with Crippen molar-refractivity contribution in [3.63, 3.8) is 0 Å². The second-order valence-corrected chi connectivity index (χ2v) is 3.83. The van der Waals surface area contributed by atoms with Gasteiger partial charge in [-0.3, -0.25) is 0 Å². The molecule has 1 aliphatic rings. The van der Waals surface area contributed by atoms with Crippen molar-refractivity contribution in [2.24, 2.45) is 11.7 Å². The van der Waals surface area contributed by atoms with Crippen LogP contribution in [0.5, 0.6) is 0 Å². The minimum Gasteiger partial charge on any atom is -0.339 e. The molecular formula is C9H15N3O. The second-order valence-electron chi connectivity index (χ2n) is 3.83. The van der Waals surface area contributed by atoms with Crippen LogP contribution in [0.2, 0.25) is 0 Å². The molecule has 0 bridgehead atoms. The Morgan fingerprint density at radius 2 is 2.38 bits per heavy atom. The van der Waals surface area contributed by atoms with Crippen LogP contribution in [0, 0.1) is 5.92 Å². The van der Waals surface area contributed by atoms with E-state index < -0.39 is 0 Å². The molecule has 1 saturated carbocycles. The summed E-state index contributed by atoms with van der Waals surface area (Å²) in [4.78, 5) is 4.29. The zero-order chi connectivity index (χ0) is 9.42. The van der Waals surface area contributed by atoms with Gasteiger partial charge in [-0.1, -0.05) is 19.0 Å². The van der Waals surface area contributed by atoms with Crippen molar-refractivity contribution in [2.45, 2.75) is 38.6 Å². The van der Waals surface area contributed by atoms with E-state index in [1.807, 2.05) is 6.92 Å². The van der Waals surface area contributed by atoms with E-state index in [0.717, 1.165) is 12.3 Å². The molecule has 4 heteroatoms. The second kappa shape index (κ2) is 3.10. The Morgan fingerprint density at radius 3 is 2.92 bits per heavy atom. The summed E-state index contributed by atoms with van der Waals surface area (Å²) >= 11 is 0. The quantitative estimate of drug-likeness (QED) is 0.769. The molecule has 2 rings (SSSR count). The summed E-state index contributed by atoms with van der Waals surface area (Å²) in [7, 11) is 0. The lowest BCUT2D eigenvalue weighted by Crippen LogP contribution is -2.10. The van der Waals surface area contributed by atoms with Gasteiger partial charge in [0, 0.05) is 5.92 Å². The van der Waals surface area contributed by atoms with Crippen LogP contribution in [0.15, 0.2) is 4.52 Å². The minimum atomic E-state index is -0.0773. The molecule has 0 aliphatic heterocycles. The smallest absolute Gasteiger partial charge is 0.230 e. The molecule has 1 aromatic heterocycles. The van der Waals surface area contributed by atoms with Crippen molar-refractivity contribution in [3.05, 3.63) is 11.7 Å². The number of rotatable bonds is 3. The third-order valence-corrected chi connectivity index (χ3v) is 2.66. The van der Waals surface area contributed by atoms with E-state index in [1.54, 1.807) is 0 Å². The summed E-state index contributed by atoms with van der Waals surface area (Å²) in [5, 5.41) is 3.87. The molecule has 72 valence electrons. The molecule has 3 unspecified atom stereocenters. The highest BCUT2D eigenvalue weighted by Gasteiger charge is 2.39. The van der Waals surface area contributed by atoms with Crippen LogP contribution in [-0.4, -0.2) is 10.1 Å². The molecule has 1 aliphatic carbocycles. The van der Waals surface area contributed by atoms with Gasteiger partial charge < -0.3 is 10.3 Å². The number of hydrogen-bond donors (Lipinski definition) is 1. The van der Waals surface area contributed by atoms with Gasteiger partial charge in [0.1, 0.15) is 0 Å². The topological polar surface area (TPSA) is 64.9 Å². The first-order valence-corrected chi connectivity index (χ1v) is 4.81. The Kier molecular flexibility index (Phi) is 2.07. The summed E-state index contributed by atoms with van der Waals surface area (Å²) in [6, 6.07) is -0.0773. The Labute approximate surface area is 77.5 Å². The monoisotopic (exact) mass is 181 g/mol. The van der Waals surface area contributed by atoms with Crippen LogP contribution in [0.3, 0.4) is 0 Å². The average Bonchev–Trinajstić information content (AvgIpc) is 2.70. The lowest BCUT2D eigenvalue weighted by Gasteiger charge is -1.99.